The Kier molecular flexibility index (Phi) is 6.55. The van der Waals surface area contributed by atoms with Gasteiger partial charge in [-0.3, -0.25) is 4.79 Å². The Bertz CT molecular complexity index is 506. The van der Waals surface area contributed by atoms with Gasteiger partial charge in [0.1, 0.15) is 17.4 Å². The Morgan fingerprint density at radius 2 is 2.37 bits per heavy atom. The van der Waals surface area contributed by atoms with Crippen LogP contribution in [0, 0.1) is 11.3 Å². The average Bonchev–Trinajstić information content (AvgIpc) is 2.41. The number of rotatable bonds is 6. The minimum absolute atomic E-state index is 0.0344. The van der Waals surface area contributed by atoms with Crippen molar-refractivity contribution < 1.29 is 9.90 Å². The van der Waals surface area contributed by atoms with E-state index in [-0.39, 0.29) is 17.2 Å². The molecule has 0 aliphatic heterocycles. The van der Waals surface area contributed by atoms with Crippen LogP contribution in [0.1, 0.15) is 12.5 Å². The molecule has 19 heavy (non-hydrogen) atoms. The summed E-state index contributed by atoms with van der Waals surface area (Å²) in [5.74, 6) is 1.54. The number of hydrogen-bond donors (Lipinski definition) is 2. The molecular formula is C14H16N2O2S. The van der Waals surface area contributed by atoms with Crippen molar-refractivity contribution in [1.82, 2.24) is 5.32 Å². The van der Waals surface area contributed by atoms with Crippen LogP contribution in [0.5, 0.6) is 5.75 Å². The second kappa shape index (κ2) is 8.22. The number of nitriles is 1. The van der Waals surface area contributed by atoms with Crippen LogP contribution in [0.3, 0.4) is 0 Å². The summed E-state index contributed by atoms with van der Waals surface area (Å²) in [7, 11) is 0. The fourth-order valence-corrected chi connectivity index (χ4v) is 1.94. The molecule has 0 fully saturated rings. The molecule has 1 aromatic carbocycles. The maximum absolute atomic E-state index is 11.8. The fraction of sp³-hybridized carbons (Fsp3) is 0.286. The number of hydrogen-bond acceptors (Lipinski definition) is 4. The van der Waals surface area contributed by atoms with E-state index in [0.717, 1.165) is 11.5 Å². The second-order valence-electron chi connectivity index (χ2n) is 3.72. The van der Waals surface area contributed by atoms with Crippen LogP contribution in [-0.4, -0.2) is 29.1 Å². The molecule has 0 spiro atoms. The third-order valence-corrected chi connectivity index (χ3v) is 3.18. The smallest absolute Gasteiger partial charge is 0.261 e. The zero-order valence-electron chi connectivity index (χ0n) is 10.7. The molecule has 0 atom stereocenters. The number of nitrogens with zero attached hydrogens (tertiary/aromatic N) is 1. The maximum Gasteiger partial charge on any atom is 0.261 e. The van der Waals surface area contributed by atoms with Gasteiger partial charge in [0, 0.05) is 12.3 Å². The molecule has 100 valence electrons. The Balaban J connectivity index is 2.67. The van der Waals surface area contributed by atoms with E-state index in [1.165, 1.54) is 18.2 Å². The van der Waals surface area contributed by atoms with Crippen LogP contribution in [0.4, 0.5) is 0 Å². The van der Waals surface area contributed by atoms with Gasteiger partial charge < -0.3 is 10.4 Å². The van der Waals surface area contributed by atoms with Gasteiger partial charge in [-0.15, -0.1) is 0 Å². The molecule has 0 saturated carbocycles. The highest BCUT2D eigenvalue weighted by Gasteiger charge is 2.08. The standard InChI is InChI=1S/C14H16N2O2S/c1-2-19-7-6-16-14(18)12(10-15)8-11-4-3-5-13(17)9-11/h3-5,8-9,17H,2,6-7H2,1H3,(H,16,18)/b12-8+. The lowest BCUT2D eigenvalue weighted by molar-refractivity contribution is -0.116. The van der Waals surface area contributed by atoms with Crippen LogP contribution in [-0.2, 0) is 4.79 Å². The zero-order chi connectivity index (χ0) is 14.1. The maximum atomic E-state index is 11.8. The number of aromatic hydroxyl groups is 1. The highest BCUT2D eigenvalue weighted by atomic mass is 32.2. The van der Waals surface area contributed by atoms with Crippen molar-refractivity contribution in [2.24, 2.45) is 0 Å². The highest BCUT2D eigenvalue weighted by molar-refractivity contribution is 7.99. The number of benzene rings is 1. The Morgan fingerprint density at radius 3 is 3.00 bits per heavy atom. The van der Waals surface area contributed by atoms with E-state index in [4.69, 9.17) is 5.26 Å². The topological polar surface area (TPSA) is 73.1 Å². The summed E-state index contributed by atoms with van der Waals surface area (Å²) in [5, 5.41) is 21.0. The predicted molar refractivity (Wildman–Crippen MR) is 77.7 cm³/mol. The normalized spacial score (nSPS) is 10.8. The molecule has 0 aromatic heterocycles. The molecular weight excluding hydrogens is 260 g/mol. The SMILES string of the molecule is CCSCCNC(=O)/C(C#N)=C/c1cccc(O)c1. The van der Waals surface area contributed by atoms with Crippen LogP contribution < -0.4 is 5.32 Å². The fourth-order valence-electron chi connectivity index (χ4n) is 1.41. The summed E-state index contributed by atoms with van der Waals surface area (Å²) in [6.45, 7) is 2.59. The Morgan fingerprint density at radius 1 is 1.58 bits per heavy atom. The lowest BCUT2D eigenvalue weighted by Gasteiger charge is -2.03. The van der Waals surface area contributed by atoms with Gasteiger partial charge in [-0.25, -0.2) is 0 Å². The van der Waals surface area contributed by atoms with Gasteiger partial charge in [-0.2, -0.15) is 17.0 Å². The van der Waals surface area contributed by atoms with Gasteiger partial charge in [-0.1, -0.05) is 19.1 Å². The summed E-state index contributed by atoms with van der Waals surface area (Å²) in [6.07, 6.45) is 1.46. The Labute approximate surface area is 117 Å². The van der Waals surface area contributed by atoms with Crippen molar-refractivity contribution in [3.05, 3.63) is 35.4 Å². The van der Waals surface area contributed by atoms with Crippen molar-refractivity contribution in [3.8, 4) is 11.8 Å². The molecule has 0 heterocycles. The molecule has 0 unspecified atom stereocenters. The van der Waals surface area contributed by atoms with Crippen molar-refractivity contribution >= 4 is 23.7 Å². The quantitative estimate of drug-likeness (QED) is 0.474. The molecule has 0 radical (unpaired) electrons. The first-order chi connectivity index (χ1) is 9.17. The number of phenolic OH excluding ortho intramolecular Hbond substituents is 1. The van der Waals surface area contributed by atoms with E-state index in [1.54, 1.807) is 23.9 Å². The van der Waals surface area contributed by atoms with Gasteiger partial charge in [0.05, 0.1) is 0 Å². The van der Waals surface area contributed by atoms with Gasteiger partial charge >= 0.3 is 0 Å². The van der Waals surface area contributed by atoms with Crippen molar-refractivity contribution in [2.75, 3.05) is 18.1 Å². The predicted octanol–water partition coefficient (Wildman–Crippen LogP) is 2.17. The first-order valence-corrected chi connectivity index (χ1v) is 7.09. The minimum Gasteiger partial charge on any atom is -0.508 e. The van der Waals surface area contributed by atoms with E-state index < -0.39 is 0 Å². The van der Waals surface area contributed by atoms with Crippen LogP contribution >= 0.6 is 11.8 Å². The molecule has 4 nitrogen and oxygen atoms in total. The number of nitrogens with one attached hydrogen (secondary N) is 1. The second-order valence-corrected chi connectivity index (χ2v) is 5.11. The molecule has 0 bridgehead atoms. The summed E-state index contributed by atoms with van der Waals surface area (Å²) in [6, 6.07) is 8.28. The largest absolute Gasteiger partial charge is 0.508 e. The monoisotopic (exact) mass is 276 g/mol. The number of amides is 1. The van der Waals surface area contributed by atoms with Crippen LogP contribution in [0.15, 0.2) is 29.8 Å². The molecule has 0 aliphatic rings. The van der Waals surface area contributed by atoms with Crippen LogP contribution in [0.25, 0.3) is 6.08 Å². The van der Waals surface area contributed by atoms with Crippen molar-refractivity contribution in [1.29, 1.82) is 5.26 Å². The molecule has 5 heteroatoms. The van der Waals surface area contributed by atoms with Gasteiger partial charge in [0.2, 0.25) is 0 Å². The minimum atomic E-state index is -0.387. The van der Waals surface area contributed by atoms with E-state index >= 15 is 0 Å². The number of phenols is 1. The van der Waals surface area contributed by atoms with Gasteiger partial charge in [0.25, 0.3) is 5.91 Å². The van der Waals surface area contributed by atoms with E-state index in [9.17, 15) is 9.90 Å². The number of carbonyl (C=O) groups is 1. The van der Waals surface area contributed by atoms with Gasteiger partial charge in [-0.05, 0) is 29.5 Å². The summed E-state index contributed by atoms with van der Waals surface area (Å²) in [4.78, 5) is 11.8. The average molecular weight is 276 g/mol. The zero-order valence-corrected chi connectivity index (χ0v) is 11.5. The molecule has 1 rings (SSSR count). The summed E-state index contributed by atoms with van der Waals surface area (Å²) in [5.41, 5.74) is 0.654. The first-order valence-electron chi connectivity index (χ1n) is 5.94. The summed E-state index contributed by atoms with van der Waals surface area (Å²) >= 11 is 1.73. The lowest BCUT2D eigenvalue weighted by Crippen LogP contribution is -2.26. The first kappa shape index (κ1) is 15.1. The number of carbonyl (C=O) groups excluding carboxylic acids is 1. The molecule has 0 aliphatic carbocycles. The van der Waals surface area contributed by atoms with E-state index in [2.05, 4.69) is 12.2 Å². The van der Waals surface area contributed by atoms with Crippen molar-refractivity contribution in [2.45, 2.75) is 6.92 Å². The number of thioether (sulfide) groups is 1. The molecule has 0 saturated heterocycles. The van der Waals surface area contributed by atoms with E-state index in [1.807, 2.05) is 6.07 Å². The van der Waals surface area contributed by atoms with Crippen LogP contribution in [0.2, 0.25) is 0 Å². The highest BCUT2D eigenvalue weighted by Crippen LogP contribution is 2.14. The summed E-state index contributed by atoms with van der Waals surface area (Å²) < 4.78 is 0. The molecule has 1 aromatic rings. The lowest BCUT2D eigenvalue weighted by atomic mass is 10.1. The van der Waals surface area contributed by atoms with Gasteiger partial charge in [0.15, 0.2) is 0 Å². The Hall–Kier alpha value is -1.93. The molecule has 2 N–H and O–H groups in total. The third-order valence-electron chi connectivity index (χ3n) is 2.28. The van der Waals surface area contributed by atoms with Crippen molar-refractivity contribution in [3.63, 3.8) is 0 Å². The third kappa shape index (κ3) is 5.49. The molecule has 1 amide bonds. The van der Waals surface area contributed by atoms with E-state index in [0.29, 0.717) is 12.1 Å².